The molecule has 0 spiro atoms. The number of benzene rings is 1. The number of aryl methyl sites for hydroxylation is 1. The van der Waals surface area contributed by atoms with Gasteiger partial charge in [-0.2, -0.15) is 0 Å². The Morgan fingerprint density at radius 3 is 2.52 bits per heavy atom. The van der Waals surface area contributed by atoms with E-state index in [1.807, 2.05) is 53.0 Å². The highest BCUT2D eigenvalue weighted by Gasteiger charge is 2.35. The maximum absolute atomic E-state index is 12.9. The summed E-state index contributed by atoms with van der Waals surface area (Å²) in [5.74, 6) is 0.795. The minimum absolute atomic E-state index is 0.130. The molecule has 1 amide bonds. The Morgan fingerprint density at radius 2 is 1.95 bits per heavy atom. The molecule has 1 unspecified atom stereocenters. The summed E-state index contributed by atoms with van der Waals surface area (Å²) in [7, 11) is 1.93. The predicted molar refractivity (Wildman–Crippen MR) is 83.9 cm³/mol. The molecule has 1 aliphatic carbocycles. The van der Waals surface area contributed by atoms with Crippen LogP contribution in [0.5, 0.6) is 0 Å². The highest BCUT2D eigenvalue weighted by atomic mass is 16.2. The van der Waals surface area contributed by atoms with Gasteiger partial charge in [0.2, 0.25) is 0 Å². The zero-order valence-corrected chi connectivity index (χ0v) is 12.7. The molecule has 3 nitrogen and oxygen atoms in total. The van der Waals surface area contributed by atoms with E-state index in [1.165, 1.54) is 18.4 Å². The summed E-state index contributed by atoms with van der Waals surface area (Å²) < 4.78 is 1.90. The highest BCUT2D eigenvalue weighted by Crippen LogP contribution is 2.36. The Morgan fingerprint density at radius 1 is 1.24 bits per heavy atom. The van der Waals surface area contributed by atoms with E-state index in [-0.39, 0.29) is 5.91 Å². The molecule has 1 aromatic carbocycles. The smallest absolute Gasteiger partial charge is 0.271 e. The van der Waals surface area contributed by atoms with Crippen LogP contribution in [0, 0.1) is 5.92 Å². The first kappa shape index (κ1) is 13.9. The van der Waals surface area contributed by atoms with Crippen molar-refractivity contribution < 1.29 is 4.79 Å². The summed E-state index contributed by atoms with van der Waals surface area (Å²) in [4.78, 5) is 14.9. The maximum Gasteiger partial charge on any atom is 0.271 e. The van der Waals surface area contributed by atoms with Gasteiger partial charge in [-0.3, -0.25) is 4.79 Å². The molecular weight excluding hydrogens is 260 g/mol. The molecule has 1 atom stereocenters. The molecule has 0 radical (unpaired) electrons. The fourth-order valence-electron chi connectivity index (χ4n) is 2.84. The zero-order valence-electron chi connectivity index (χ0n) is 12.7. The van der Waals surface area contributed by atoms with E-state index in [4.69, 9.17) is 0 Å². The second kappa shape index (κ2) is 5.76. The van der Waals surface area contributed by atoms with Gasteiger partial charge in [0.05, 0.1) is 0 Å². The Hall–Kier alpha value is -2.03. The van der Waals surface area contributed by atoms with Crippen LogP contribution in [0.25, 0.3) is 0 Å². The standard InChI is InChI=1S/C18H22N2O/c1-14(16-10-11-16)20(13-15-7-4-3-5-8-15)18(21)17-9-6-12-19(17)2/h3-9,12,14,16H,10-11,13H2,1-2H3. The molecule has 21 heavy (non-hydrogen) atoms. The molecule has 110 valence electrons. The summed E-state index contributed by atoms with van der Waals surface area (Å²) in [6, 6.07) is 14.4. The quantitative estimate of drug-likeness (QED) is 0.824. The number of nitrogens with zero attached hydrogens (tertiary/aromatic N) is 2. The van der Waals surface area contributed by atoms with Crippen LogP contribution >= 0.6 is 0 Å². The molecular formula is C18H22N2O. The number of hydrogen-bond acceptors (Lipinski definition) is 1. The lowest BCUT2D eigenvalue weighted by atomic mass is 10.1. The van der Waals surface area contributed by atoms with Crippen LogP contribution in [0.2, 0.25) is 0 Å². The van der Waals surface area contributed by atoms with E-state index in [0.29, 0.717) is 18.5 Å². The topological polar surface area (TPSA) is 25.2 Å². The Bertz CT molecular complexity index is 613. The van der Waals surface area contributed by atoms with Crippen molar-refractivity contribution in [2.75, 3.05) is 0 Å². The summed E-state index contributed by atoms with van der Waals surface area (Å²) in [5.41, 5.74) is 1.95. The minimum Gasteiger partial charge on any atom is -0.347 e. The molecule has 1 heterocycles. The van der Waals surface area contributed by atoms with Gasteiger partial charge < -0.3 is 9.47 Å². The van der Waals surface area contributed by atoms with Gasteiger partial charge in [-0.05, 0) is 43.4 Å². The van der Waals surface area contributed by atoms with Crippen molar-refractivity contribution in [2.24, 2.45) is 13.0 Å². The summed E-state index contributed by atoms with van der Waals surface area (Å²) in [6.45, 7) is 2.87. The number of carbonyl (C=O) groups excluding carboxylic acids is 1. The highest BCUT2D eigenvalue weighted by molar-refractivity contribution is 5.93. The number of rotatable bonds is 5. The lowest BCUT2D eigenvalue weighted by Crippen LogP contribution is -2.40. The summed E-state index contributed by atoms with van der Waals surface area (Å²) >= 11 is 0. The number of hydrogen-bond donors (Lipinski definition) is 0. The van der Waals surface area contributed by atoms with Crippen LogP contribution in [0.3, 0.4) is 0 Å². The van der Waals surface area contributed by atoms with Crippen molar-refractivity contribution in [2.45, 2.75) is 32.4 Å². The van der Waals surface area contributed by atoms with Crippen molar-refractivity contribution in [1.82, 2.24) is 9.47 Å². The van der Waals surface area contributed by atoms with Gasteiger partial charge in [0.25, 0.3) is 5.91 Å². The van der Waals surface area contributed by atoms with Crippen LogP contribution in [-0.4, -0.2) is 21.4 Å². The number of carbonyl (C=O) groups is 1. The Balaban J connectivity index is 1.85. The van der Waals surface area contributed by atoms with Gasteiger partial charge in [0.15, 0.2) is 0 Å². The van der Waals surface area contributed by atoms with Crippen molar-refractivity contribution in [3.8, 4) is 0 Å². The second-order valence-corrected chi connectivity index (χ2v) is 6.00. The number of amides is 1. The fraction of sp³-hybridized carbons (Fsp3) is 0.389. The van der Waals surface area contributed by atoms with Crippen LogP contribution in [-0.2, 0) is 13.6 Å². The SMILES string of the molecule is CC(C1CC1)N(Cc1ccccc1)C(=O)c1cccn1C. The molecule has 0 aliphatic heterocycles. The third-order valence-electron chi connectivity index (χ3n) is 4.42. The van der Waals surface area contributed by atoms with Crippen molar-refractivity contribution in [3.63, 3.8) is 0 Å². The maximum atomic E-state index is 12.9. The van der Waals surface area contributed by atoms with Gasteiger partial charge in [0, 0.05) is 25.8 Å². The lowest BCUT2D eigenvalue weighted by molar-refractivity contribution is 0.0644. The van der Waals surface area contributed by atoms with Crippen molar-refractivity contribution >= 4 is 5.91 Å². The molecule has 2 aromatic rings. The first-order valence-electron chi connectivity index (χ1n) is 7.63. The Kier molecular flexibility index (Phi) is 3.82. The lowest BCUT2D eigenvalue weighted by Gasteiger charge is -2.30. The second-order valence-electron chi connectivity index (χ2n) is 6.00. The molecule has 1 aliphatic rings. The zero-order chi connectivity index (χ0) is 14.8. The van der Waals surface area contributed by atoms with Gasteiger partial charge >= 0.3 is 0 Å². The largest absolute Gasteiger partial charge is 0.347 e. The van der Waals surface area contributed by atoms with Gasteiger partial charge in [0.1, 0.15) is 5.69 Å². The van der Waals surface area contributed by atoms with E-state index in [1.54, 1.807) is 0 Å². The van der Waals surface area contributed by atoms with Crippen molar-refractivity contribution in [1.29, 1.82) is 0 Å². The van der Waals surface area contributed by atoms with E-state index in [9.17, 15) is 4.79 Å². The molecule has 1 aromatic heterocycles. The molecule has 1 saturated carbocycles. The van der Waals surface area contributed by atoms with E-state index >= 15 is 0 Å². The average molecular weight is 282 g/mol. The first-order valence-corrected chi connectivity index (χ1v) is 7.63. The minimum atomic E-state index is 0.130. The summed E-state index contributed by atoms with van der Waals surface area (Å²) in [6.07, 6.45) is 4.41. The summed E-state index contributed by atoms with van der Waals surface area (Å²) in [5, 5.41) is 0. The first-order chi connectivity index (χ1) is 10.2. The Labute approximate surface area is 126 Å². The van der Waals surface area contributed by atoms with Crippen LogP contribution in [0.4, 0.5) is 0 Å². The van der Waals surface area contributed by atoms with Gasteiger partial charge in [-0.25, -0.2) is 0 Å². The van der Waals surface area contributed by atoms with Crippen molar-refractivity contribution in [3.05, 3.63) is 59.9 Å². The monoisotopic (exact) mass is 282 g/mol. The van der Waals surface area contributed by atoms with Crippen LogP contribution < -0.4 is 0 Å². The van der Waals surface area contributed by atoms with E-state index < -0.39 is 0 Å². The normalized spacial score (nSPS) is 15.7. The van der Waals surface area contributed by atoms with Crippen LogP contribution in [0.15, 0.2) is 48.7 Å². The third-order valence-corrected chi connectivity index (χ3v) is 4.42. The molecule has 3 heteroatoms. The third kappa shape index (κ3) is 3.02. The molecule has 1 fully saturated rings. The molecule has 0 bridgehead atoms. The fourth-order valence-corrected chi connectivity index (χ4v) is 2.84. The average Bonchev–Trinajstić information content (AvgIpc) is 3.26. The van der Waals surface area contributed by atoms with E-state index in [2.05, 4.69) is 19.1 Å². The van der Waals surface area contributed by atoms with Crippen LogP contribution in [0.1, 0.15) is 35.8 Å². The predicted octanol–water partition coefficient (Wildman–Crippen LogP) is 3.47. The molecule has 0 saturated heterocycles. The molecule has 0 N–H and O–H groups in total. The molecule has 3 rings (SSSR count). The van der Waals surface area contributed by atoms with Gasteiger partial charge in [-0.15, -0.1) is 0 Å². The van der Waals surface area contributed by atoms with E-state index in [0.717, 1.165) is 5.69 Å². The number of aromatic nitrogens is 1. The van der Waals surface area contributed by atoms with Gasteiger partial charge in [-0.1, -0.05) is 30.3 Å².